The van der Waals surface area contributed by atoms with Gasteiger partial charge in [0.05, 0.1) is 19.9 Å². The van der Waals surface area contributed by atoms with Crippen LogP contribution in [-0.4, -0.2) is 23.6 Å². The highest BCUT2D eigenvalue weighted by Crippen LogP contribution is 2.33. The van der Waals surface area contributed by atoms with E-state index in [1.54, 1.807) is 14.2 Å². The van der Waals surface area contributed by atoms with Gasteiger partial charge in [0.15, 0.2) is 0 Å². The number of fused-ring (bicyclic) bond motifs is 1. The van der Waals surface area contributed by atoms with E-state index in [9.17, 15) is 0 Å². The molecular formula is C16H15BrN2O2. The van der Waals surface area contributed by atoms with E-state index in [0.29, 0.717) is 0 Å². The fraction of sp³-hybridized carbons (Fsp3) is 0.188. The Labute approximate surface area is 131 Å². The number of nitrogens with zero attached hydrogens (tertiary/aromatic N) is 2. The van der Waals surface area contributed by atoms with Gasteiger partial charge in [-0.3, -0.25) is 0 Å². The molecule has 0 atom stereocenters. The summed E-state index contributed by atoms with van der Waals surface area (Å²) < 4.78 is 13.8. The number of hydrogen-bond acceptors (Lipinski definition) is 3. The molecule has 0 unspecified atom stereocenters. The average molecular weight is 347 g/mol. The van der Waals surface area contributed by atoms with Crippen LogP contribution in [0.1, 0.15) is 5.69 Å². The molecule has 0 amide bonds. The Bertz CT molecular complexity index is 811. The molecule has 0 fully saturated rings. The van der Waals surface area contributed by atoms with Gasteiger partial charge in [-0.05, 0) is 53.2 Å². The molecule has 3 rings (SSSR count). The van der Waals surface area contributed by atoms with Gasteiger partial charge in [0.25, 0.3) is 0 Å². The van der Waals surface area contributed by atoms with Gasteiger partial charge in [0.1, 0.15) is 17.1 Å². The van der Waals surface area contributed by atoms with Crippen LogP contribution >= 0.6 is 15.9 Å². The van der Waals surface area contributed by atoms with E-state index in [1.165, 1.54) is 0 Å². The van der Waals surface area contributed by atoms with Crippen molar-refractivity contribution in [1.82, 2.24) is 9.38 Å². The van der Waals surface area contributed by atoms with Crippen LogP contribution in [0.15, 0.2) is 41.0 Å². The van der Waals surface area contributed by atoms with Crippen molar-refractivity contribution in [2.24, 2.45) is 0 Å². The number of aryl methyl sites for hydroxylation is 1. The molecule has 2 heterocycles. The molecule has 0 saturated carbocycles. The van der Waals surface area contributed by atoms with Crippen molar-refractivity contribution in [3.8, 4) is 22.8 Å². The van der Waals surface area contributed by atoms with Gasteiger partial charge in [-0.2, -0.15) is 0 Å². The minimum Gasteiger partial charge on any atom is -0.497 e. The first-order valence-corrected chi connectivity index (χ1v) is 7.30. The quantitative estimate of drug-likeness (QED) is 0.716. The van der Waals surface area contributed by atoms with Crippen LogP contribution in [0.2, 0.25) is 0 Å². The first-order chi connectivity index (χ1) is 10.1. The SMILES string of the molecule is COc1ccc(OC)c(-c2cn3c(C)c(Br)ccc3n2)c1. The summed E-state index contributed by atoms with van der Waals surface area (Å²) in [5.74, 6) is 1.55. The first kappa shape index (κ1) is 13.9. The first-order valence-electron chi connectivity index (χ1n) is 6.50. The second-order valence-corrected chi connectivity index (χ2v) is 5.54. The van der Waals surface area contributed by atoms with E-state index in [4.69, 9.17) is 9.47 Å². The zero-order valence-corrected chi connectivity index (χ0v) is 13.6. The predicted molar refractivity (Wildman–Crippen MR) is 86.2 cm³/mol. The highest BCUT2D eigenvalue weighted by Gasteiger charge is 2.13. The molecule has 3 aromatic rings. The monoisotopic (exact) mass is 346 g/mol. The van der Waals surface area contributed by atoms with Crippen molar-refractivity contribution in [3.05, 3.63) is 46.7 Å². The Balaban J connectivity index is 2.22. The zero-order valence-electron chi connectivity index (χ0n) is 12.1. The smallest absolute Gasteiger partial charge is 0.137 e. The number of methoxy groups -OCH3 is 2. The Kier molecular flexibility index (Phi) is 3.59. The van der Waals surface area contributed by atoms with Crippen LogP contribution < -0.4 is 9.47 Å². The molecule has 5 heteroatoms. The lowest BCUT2D eigenvalue weighted by Gasteiger charge is -2.08. The van der Waals surface area contributed by atoms with Gasteiger partial charge in [0, 0.05) is 21.9 Å². The summed E-state index contributed by atoms with van der Waals surface area (Å²) in [5, 5.41) is 0. The second-order valence-electron chi connectivity index (χ2n) is 4.69. The standard InChI is InChI=1S/C16H15BrN2O2/c1-10-13(17)5-7-16-18-14(9-19(10)16)12-8-11(20-2)4-6-15(12)21-3/h4-9H,1-3H3. The van der Waals surface area contributed by atoms with E-state index >= 15 is 0 Å². The van der Waals surface area contributed by atoms with Crippen LogP contribution in [0.25, 0.3) is 16.9 Å². The van der Waals surface area contributed by atoms with Crippen molar-refractivity contribution in [2.45, 2.75) is 6.92 Å². The molecule has 0 spiro atoms. The van der Waals surface area contributed by atoms with Crippen molar-refractivity contribution in [1.29, 1.82) is 0 Å². The number of imidazole rings is 1. The topological polar surface area (TPSA) is 35.8 Å². The largest absolute Gasteiger partial charge is 0.497 e. The van der Waals surface area contributed by atoms with Crippen LogP contribution in [0, 0.1) is 6.92 Å². The second kappa shape index (κ2) is 5.41. The summed E-state index contributed by atoms with van der Waals surface area (Å²) in [4.78, 5) is 4.68. The number of rotatable bonds is 3. The Morgan fingerprint density at radius 3 is 2.62 bits per heavy atom. The maximum atomic E-state index is 5.44. The lowest BCUT2D eigenvalue weighted by Crippen LogP contribution is -1.90. The maximum Gasteiger partial charge on any atom is 0.137 e. The molecule has 2 aromatic heterocycles. The molecule has 0 radical (unpaired) electrons. The molecule has 0 aliphatic carbocycles. The van der Waals surface area contributed by atoms with Crippen LogP contribution in [0.5, 0.6) is 11.5 Å². The molecule has 0 aliphatic rings. The molecule has 0 bridgehead atoms. The van der Waals surface area contributed by atoms with Gasteiger partial charge in [0.2, 0.25) is 0 Å². The summed E-state index contributed by atoms with van der Waals surface area (Å²) in [6.45, 7) is 2.05. The predicted octanol–water partition coefficient (Wildman–Crippen LogP) is 4.09. The Hall–Kier alpha value is -2.01. The highest BCUT2D eigenvalue weighted by molar-refractivity contribution is 9.10. The minimum absolute atomic E-state index is 0.774. The van der Waals surface area contributed by atoms with E-state index in [1.807, 2.05) is 43.5 Å². The fourth-order valence-electron chi connectivity index (χ4n) is 2.31. The molecular weight excluding hydrogens is 332 g/mol. The van der Waals surface area contributed by atoms with Crippen LogP contribution in [0.4, 0.5) is 0 Å². The van der Waals surface area contributed by atoms with Crippen LogP contribution in [0.3, 0.4) is 0 Å². The summed E-state index contributed by atoms with van der Waals surface area (Å²) >= 11 is 3.54. The van der Waals surface area contributed by atoms with E-state index in [0.717, 1.165) is 38.6 Å². The van der Waals surface area contributed by atoms with Gasteiger partial charge < -0.3 is 13.9 Å². The highest BCUT2D eigenvalue weighted by atomic mass is 79.9. The number of ether oxygens (including phenoxy) is 2. The third kappa shape index (κ3) is 2.38. The maximum absolute atomic E-state index is 5.44. The Morgan fingerprint density at radius 2 is 1.90 bits per heavy atom. The van der Waals surface area contributed by atoms with Crippen molar-refractivity contribution < 1.29 is 9.47 Å². The van der Waals surface area contributed by atoms with Crippen molar-refractivity contribution in [2.75, 3.05) is 14.2 Å². The summed E-state index contributed by atoms with van der Waals surface area (Å²) in [7, 11) is 3.31. The third-order valence-electron chi connectivity index (χ3n) is 3.50. The van der Waals surface area contributed by atoms with Gasteiger partial charge >= 0.3 is 0 Å². The number of hydrogen-bond donors (Lipinski definition) is 0. The third-order valence-corrected chi connectivity index (χ3v) is 4.34. The lowest BCUT2D eigenvalue weighted by atomic mass is 10.1. The molecule has 0 aliphatic heterocycles. The van der Waals surface area contributed by atoms with Gasteiger partial charge in [-0.15, -0.1) is 0 Å². The van der Waals surface area contributed by atoms with Crippen LogP contribution in [-0.2, 0) is 0 Å². The molecule has 4 nitrogen and oxygen atoms in total. The van der Waals surface area contributed by atoms with Gasteiger partial charge in [-0.25, -0.2) is 4.98 Å². The number of pyridine rings is 1. The van der Waals surface area contributed by atoms with Gasteiger partial charge in [-0.1, -0.05) is 0 Å². The van der Waals surface area contributed by atoms with E-state index in [-0.39, 0.29) is 0 Å². The minimum atomic E-state index is 0.774. The molecule has 108 valence electrons. The normalized spacial score (nSPS) is 10.9. The molecule has 0 N–H and O–H groups in total. The van der Waals surface area contributed by atoms with Crippen molar-refractivity contribution in [3.63, 3.8) is 0 Å². The number of benzene rings is 1. The lowest BCUT2D eigenvalue weighted by molar-refractivity contribution is 0.404. The summed E-state index contributed by atoms with van der Waals surface area (Å²) in [5.41, 5.74) is 3.77. The number of halogens is 1. The molecule has 1 aromatic carbocycles. The van der Waals surface area contributed by atoms with E-state index < -0.39 is 0 Å². The van der Waals surface area contributed by atoms with Crippen molar-refractivity contribution >= 4 is 21.6 Å². The zero-order chi connectivity index (χ0) is 15.0. The average Bonchev–Trinajstić information content (AvgIpc) is 2.95. The number of aromatic nitrogens is 2. The fourth-order valence-corrected chi connectivity index (χ4v) is 2.63. The summed E-state index contributed by atoms with van der Waals surface area (Å²) in [6.07, 6.45) is 2.01. The molecule has 21 heavy (non-hydrogen) atoms. The summed E-state index contributed by atoms with van der Waals surface area (Å²) in [6, 6.07) is 9.68. The molecule has 0 saturated heterocycles. The van der Waals surface area contributed by atoms with E-state index in [2.05, 4.69) is 25.3 Å². The Morgan fingerprint density at radius 1 is 1.10 bits per heavy atom.